The van der Waals surface area contributed by atoms with E-state index < -0.39 is 34.8 Å². The number of amides is 3. The van der Waals surface area contributed by atoms with Crippen molar-refractivity contribution in [3.05, 3.63) is 40.1 Å². The van der Waals surface area contributed by atoms with E-state index >= 15 is 0 Å². The number of H-pyrrole nitrogens is 1. The Labute approximate surface area is 210 Å². The van der Waals surface area contributed by atoms with Crippen LogP contribution in [0.25, 0.3) is 11.0 Å². The largest absolute Gasteiger partial charge is 0.470 e. The Hall–Kier alpha value is -2.97. The molecular formula is C22H18F3IN6O3. The summed E-state index contributed by atoms with van der Waals surface area (Å²) in [5.41, 5.74) is -1.70. The summed E-state index contributed by atoms with van der Waals surface area (Å²) in [5.74, 6) is 0.0174. The summed E-state index contributed by atoms with van der Waals surface area (Å²) in [7, 11) is 0. The van der Waals surface area contributed by atoms with Crippen LogP contribution in [0.2, 0.25) is 0 Å². The number of hydrogen-bond donors (Lipinski definition) is 1. The molecule has 0 radical (unpaired) electrons. The van der Waals surface area contributed by atoms with Crippen molar-refractivity contribution in [1.82, 2.24) is 24.8 Å². The van der Waals surface area contributed by atoms with E-state index in [1.54, 1.807) is 0 Å². The molecule has 2 saturated carbocycles. The predicted molar refractivity (Wildman–Crippen MR) is 125 cm³/mol. The van der Waals surface area contributed by atoms with E-state index in [9.17, 15) is 22.8 Å². The number of nitrogens with zero attached hydrogens (tertiary/aromatic N) is 5. The van der Waals surface area contributed by atoms with Crippen LogP contribution in [-0.2, 0) is 11.0 Å². The monoisotopic (exact) mass is 598 g/mol. The molecule has 6 rings (SSSR count). The molecule has 1 saturated heterocycles. The number of urea groups is 1. The average Bonchev–Trinajstić information content (AvgIpc) is 3.55. The Morgan fingerprint density at radius 2 is 1.89 bits per heavy atom. The fourth-order valence-electron chi connectivity index (χ4n) is 5.65. The van der Waals surface area contributed by atoms with Crippen LogP contribution in [0, 0.1) is 3.57 Å². The van der Waals surface area contributed by atoms with Gasteiger partial charge in [0, 0.05) is 22.4 Å². The molecule has 4 heterocycles. The van der Waals surface area contributed by atoms with Gasteiger partial charge in [0.25, 0.3) is 5.91 Å². The Bertz CT molecular complexity index is 1370. The predicted octanol–water partition coefficient (Wildman–Crippen LogP) is 4.28. The first kappa shape index (κ1) is 22.5. The molecule has 0 atom stereocenters. The van der Waals surface area contributed by atoms with Crippen LogP contribution in [0.4, 0.5) is 23.7 Å². The number of aromatic nitrogens is 4. The second-order valence-electron chi connectivity index (χ2n) is 9.25. The molecule has 182 valence electrons. The maximum atomic E-state index is 13.3. The van der Waals surface area contributed by atoms with Crippen molar-refractivity contribution < 1.29 is 27.5 Å². The van der Waals surface area contributed by atoms with Crippen molar-refractivity contribution in [3.63, 3.8) is 0 Å². The standard InChI is InChI=1S/C22H18F3IN6O3/c23-22(24,25)12-5-13(7-27-6-12)31-9-15(33)32(19(31)34)20-1-3-21(10-20,4-2-20)35-18-16-14(26)8-28-17(16)29-11-30-18/h5-8,11H,1-4,9-10H2,(H,28,29,30). The molecule has 3 aromatic rings. The van der Waals surface area contributed by atoms with Crippen LogP contribution in [0.3, 0.4) is 0 Å². The lowest BCUT2D eigenvalue weighted by Gasteiger charge is -2.34. The molecule has 2 bridgehead atoms. The molecule has 0 unspecified atom stereocenters. The van der Waals surface area contributed by atoms with Gasteiger partial charge in [0.2, 0.25) is 5.88 Å². The molecular weight excluding hydrogens is 580 g/mol. The van der Waals surface area contributed by atoms with E-state index in [0.717, 1.165) is 26.1 Å². The van der Waals surface area contributed by atoms with Gasteiger partial charge in [0.15, 0.2) is 0 Å². The molecule has 3 aliphatic rings. The zero-order valence-electron chi connectivity index (χ0n) is 18.1. The van der Waals surface area contributed by atoms with Crippen molar-refractivity contribution >= 4 is 51.2 Å². The lowest BCUT2D eigenvalue weighted by atomic mass is 9.91. The quantitative estimate of drug-likeness (QED) is 0.356. The van der Waals surface area contributed by atoms with Crippen molar-refractivity contribution in [3.8, 4) is 5.88 Å². The zero-order chi connectivity index (χ0) is 24.6. The number of aromatic amines is 1. The first-order valence-corrected chi connectivity index (χ1v) is 12.0. The summed E-state index contributed by atoms with van der Waals surface area (Å²) in [4.78, 5) is 43.9. The number of hydrogen-bond acceptors (Lipinski definition) is 6. The minimum absolute atomic E-state index is 0.0546. The van der Waals surface area contributed by atoms with Gasteiger partial charge in [0.1, 0.15) is 24.1 Å². The molecule has 3 aromatic heterocycles. The number of carbonyl (C=O) groups is 2. The van der Waals surface area contributed by atoms with Crippen LogP contribution in [0.15, 0.2) is 31.0 Å². The minimum atomic E-state index is -4.61. The average molecular weight is 598 g/mol. The van der Waals surface area contributed by atoms with Gasteiger partial charge in [0.05, 0.1) is 28.4 Å². The van der Waals surface area contributed by atoms with Crippen molar-refractivity contribution in [2.75, 3.05) is 11.4 Å². The summed E-state index contributed by atoms with van der Waals surface area (Å²) in [5, 5.41) is 0.781. The number of alkyl halides is 3. The zero-order valence-corrected chi connectivity index (χ0v) is 20.3. The van der Waals surface area contributed by atoms with E-state index in [2.05, 4.69) is 42.5 Å². The van der Waals surface area contributed by atoms with Gasteiger partial charge in [-0.2, -0.15) is 13.2 Å². The Morgan fingerprint density at radius 3 is 2.63 bits per heavy atom. The molecule has 2 aliphatic carbocycles. The summed E-state index contributed by atoms with van der Waals surface area (Å²) >= 11 is 2.18. The number of nitrogens with one attached hydrogen (secondary N) is 1. The molecule has 1 N–H and O–H groups in total. The first-order valence-electron chi connectivity index (χ1n) is 10.9. The van der Waals surface area contributed by atoms with Crippen molar-refractivity contribution in [2.24, 2.45) is 0 Å². The molecule has 1 aliphatic heterocycles. The summed E-state index contributed by atoms with van der Waals surface area (Å²) < 4.78 is 46.8. The van der Waals surface area contributed by atoms with E-state index in [-0.39, 0.29) is 12.2 Å². The third-order valence-corrected chi connectivity index (χ3v) is 8.10. The minimum Gasteiger partial charge on any atom is -0.470 e. The Morgan fingerprint density at radius 1 is 1.11 bits per heavy atom. The van der Waals surface area contributed by atoms with Crippen LogP contribution in [0.5, 0.6) is 5.88 Å². The van der Waals surface area contributed by atoms with E-state index in [4.69, 9.17) is 4.74 Å². The molecule has 0 aromatic carbocycles. The van der Waals surface area contributed by atoms with Crippen LogP contribution in [-0.4, -0.2) is 54.5 Å². The number of anilines is 1. The van der Waals surface area contributed by atoms with Gasteiger partial charge in [-0.05, 0) is 54.3 Å². The van der Waals surface area contributed by atoms with E-state index in [1.165, 1.54) is 11.2 Å². The van der Waals surface area contributed by atoms with Crippen molar-refractivity contribution in [1.29, 1.82) is 0 Å². The number of ether oxygens (including phenoxy) is 1. The SMILES string of the molecule is O=C1CN(c2cncc(C(F)(F)F)c2)C(=O)N1C12CCC(Oc3ncnc4[nH]cc(I)c34)(CC1)C2. The third kappa shape index (κ3) is 3.45. The molecule has 3 amide bonds. The number of rotatable bonds is 4. The molecule has 35 heavy (non-hydrogen) atoms. The molecule has 9 nitrogen and oxygen atoms in total. The fraction of sp³-hybridized carbons (Fsp3) is 0.409. The normalized spacial score (nSPS) is 26.4. The highest BCUT2D eigenvalue weighted by Gasteiger charge is 2.63. The second-order valence-corrected chi connectivity index (χ2v) is 10.4. The van der Waals surface area contributed by atoms with E-state index in [0.29, 0.717) is 49.8 Å². The second kappa shape index (κ2) is 7.51. The highest BCUT2D eigenvalue weighted by Crippen LogP contribution is 2.56. The van der Waals surface area contributed by atoms with E-state index in [1.807, 2.05) is 6.20 Å². The highest BCUT2D eigenvalue weighted by atomic mass is 127. The van der Waals surface area contributed by atoms with Crippen LogP contribution < -0.4 is 9.64 Å². The first-order chi connectivity index (χ1) is 16.6. The lowest BCUT2D eigenvalue weighted by molar-refractivity contribution is -0.137. The van der Waals surface area contributed by atoms with Gasteiger partial charge in [-0.25, -0.2) is 14.8 Å². The maximum Gasteiger partial charge on any atom is 0.417 e. The molecule has 13 heteroatoms. The van der Waals surface area contributed by atoms with Gasteiger partial charge in [-0.3, -0.25) is 19.6 Å². The lowest BCUT2D eigenvalue weighted by Crippen LogP contribution is -2.49. The maximum absolute atomic E-state index is 13.3. The topological polar surface area (TPSA) is 104 Å². The number of carbonyl (C=O) groups excluding carboxylic acids is 2. The fourth-order valence-corrected chi connectivity index (χ4v) is 6.29. The Kier molecular flexibility index (Phi) is 4.83. The van der Waals surface area contributed by atoms with Gasteiger partial charge < -0.3 is 9.72 Å². The Balaban J connectivity index is 1.27. The van der Waals surface area contributed by atoms with Crippen LogP contribution >= 0.6 is 22.6 Å². The molecule has 3 fully saturated rings. The number of imide groups is 1. The van der Waals surface area contributed by atoms with Gasteiger partial charge in [-0.15, -0.1) is 0 Å². The van der Waals surface area contributed by atoms with Gasteiger partial charge in [-0.1, -0.05) is 0 Å². The summed E-state index contributed by atoms with van der Waals surface area (Å²) in [6.07, 6.45) is 3.29. The van der Waals surface area contributed by atoms with Gasteiger partial charge >= 0.3 is 12.2 Å². The summed E-state index contributed by atoms with van der Waals surface area (Å²) in [6.45, 7) is -0.328. The number of fused-ring (bicyclic) bond motifs is 3. The summed E-state index contributed by atoms with van der Waals surface area (Å²) in [6, 6.07) is 0.216. The van der Waals surface area contributed by atoms with Crippen LogP contribution in [0.1, 0.15) is 37.7 Å². The third-order valence-electron chi connectivity index (χ3n) is 7.25. The number of pyridine rings is 1. The molecule has 0 spiro atoms. The highest BCUT2D eigenvalue weighted by molar-refractivity contribution is 14.1. The smallest absolute Gasteiger partial charge is 0.417 e. The van der Waals surface area contributed by atoms with Crippen molar-refractivity contribution in [2.45, 2.75) is 49.4 Å². The number of halogens is 4.